The van der Waals surface area contributed by atoms with Gasteiger partial charge in [0.05, 0.1) is 5.69 Å². The number of hydrogen-bond acceptors (Lipinski definition) is 3. The van der Waals surface area contributed by atoms with Crippen molar-refractivity contribution in [3.05, 3.63) is 41.7 Å². The van der Waals surface area contributed by atoms with Crippen LogP contribution in [0.4, 0.5) is 10.1 Å². The van der Waals surface area contributed by atoms with E-state index < -0.39 is 0 Å². The minimum Gasteiger partial charge on any atom is -0.323 e. The highest BCUT2D eigenvalue weighted by molar-refractivity contribution is 7.80. The Hall–Kier alpha value is -1.26. The summed E-state index contributed by atoms with van der Waals surface area (Å²) in [6.07, 6.45) is 4.54. The van der Waals surface area contributed by atoms with E-state index in [0.717, 1.165) is 28.1 Å². The average molecular weight is 236 g/mol. The van der Waals surface area contributed by atoms with E-state index in [4.69, 9.17) is 5.84 Å². The maximum absolute atomic E-state index is 12.8. The quantitative estimate of drug-likeness (QED) is 0.419. The summed E-state index contributed by atoms with van der Waals surface area (Å²) in [7, 11) is 0. The molecule has 2 nitrogen and oxygen atoms in total. The monoisotopic (exact) mass is 236 g/mol. The van der Waals surface area contributed by atoms with Crippen molar-refractivity contribution in [2.24, 2.45) is 5.84 Å². The smallest absolute Gasteiger partial charge is 0.100 e. The molecule has 2 rings (SSSR count). The fourth-order valence-corrected chi connectivity index (χ4v) is 1.98. The van der Waals surface area contributed by atoms with Crippen LogP contribution in [0.25, 0.3) is 5.57 Å². The fraction of sp³-hybridized carbons (Fsp3) is 0.167. The Labute approximate surface area is 99.4 Å². The maximum Gasteiger partial charge on any atom is 0.100 e. The molecule has 0 amide bonds. The highest BCUT2D eigenvalue weighted by atomic mass is 32.1. The summed E-state index contributed by atoms with van der Waals surface area (Å²) < 4.78 is 12.8. The van der Waals surface area contributed by atoms with E-state index in [2.05, 4.69) is 18.1 Å². The van der Waals surface area contributed by atoms with Crippen molar-refractivity contribution in [1.29, 1.82) is 0 Å². The highest BCUT2D eigenvalue weighted by Crippen LogP contribution is 2.30. The van der Waals surface area contributed by atoms with Crippen molar-refractivity contribution < 1.29 is 4.39 Å². The van der Waals surface area contributed by atoms with Crippen LogP contribution >= 0.6 is 12.6 Å². The van der Waals surface area contributed by atoms with Crippen LogP contribution < -0.4 is 11.3 Å². The van der Waals surface area contributed by atoms with Crippen molar-refractivity contribution in [2.75, 3.05) is 5.43 Å². The standard InChI is InChI=1S/C12H13FN2S/c13-10-4-1-8(2-5-10)9-3-6-11(15-14)12(16)7-9/h1,3-4,6-7,15-16H,2,5,14H2. The molecule has 0 atom stereocenters. The summed E-state index contributed by atoms with van der Waals surface area (Å²) in [4.78, 5) is 0.788. The highest BCUT2D eigenvalue weighted by Gasteiger charge is 2.09. The van der Waals surface area contributed by atoms with Crippen molar-refractivity contribution in [3.8, 4) is 0 Å². The molecule has 0 radical (unpaired) electrons. The lowest BCUT2D eigenvalue weighted by molar-refractivity contribution is 0.590. The second-order valence-corrected chi connectivity index (χ2v) is 4.16. The summed E-state index contributed by atoms with van der Waals surface area (Å²) in [5, 5.41) is 0. The summed E-state index contributed by atoms with van der Waals surface area (Å²) in [6.45, 7) is 0. The van der Waals surface area contributed by atoms with E-state index in [1.165, 1.54) is 6.08 Å². The largest absolute Gasteiger partial charge is 0.323 e. The lowest BCUT2D eigenvalue weighted by atomic mass is 9.97. The van der Waals surface area contributed by atoms with Crippen LogP contribution in [0.3, 0.4) is 0 Å². The van der Waals surface area contributed by atoms with Gasteiger partial charge in [-0.05, 0) is 35.8 Å². The number of nitrogens with two attached hydrogens (primary N) is 1. The number of allylic oxidation sites excluding steroid dienone is 4. The molecule has 0 fully saturated rings. The number of benzene rings is 1. The molecule has 1 aromatic carbocycles. The first-order valence-corrected chi connectivity index (χ1v) is 5.50. The molecule has 1 aromatic rings. The molecule has 0 heterocycles. The molecule has 0 aromatic heterocycles. The molecule has 3 N–H and O–H groups in total. The lowest BCUT2D eigenvalue weighted by Gasteiger charge is -2.12. The Morgan fingerprint density at radius 2 is 2.06 bits per heavy atom. The Morgan fingerprint density at radius 1 is 1.25 bits per heavy atom. The zero-order valence-corrected chi connectivity index (χ0v) is 9.60. The molecule has 4 heteroatoms. The zero-order valence-electron chi connectivity index (χ0n) is 8.70. The number of halogens is 1. The Balaban J connectivity index is 2.32. The molecule has 0 bridgehead atoms. The van der Waals surface area contributed by atoms with Gasteiger partial charge in [0.15, 0.2) is 0 Å². The summed E-state index contributed by atoms with van der Waals surface area (Å²) >= 11 is 4.33. The van der Waals surface area contributed by atoms with Crippen molar-refractivity contribution in [2.45, 2.75) is 17.7 Å². The molecular weight excluding hydrogens is 223 g/mol. The van der Waals surface area contributed by atoms with E-state index in [0.29, 0.717) is 6.42 Å². The van der Waals surface area contributed by atoms with E-state index in [-0.39, 0.29) is 5.83 Å². The molecule has 1 aliphatic carbocycles. The SMILES string of the molecule is NNc1ccc(C2=CC=C(F)CC2)cc1S. The molecule has 84 valence electrons. The molecular formula is C12H13FN2S. The maximum atomic E-state index is 12.8. The molecule has 0 saturated heterocycles. The normalized spacial score (nSPS) is 15.4. The van der Waals surface area contributed by atoms with Gasteiger partial charge >= 0.3 is 0 Å². The van der Waals surface area contributed by atoms with Gasteiger partial charge in [-0.2, -0.15) is 0 Å². The van der Waals surface area contributed by atoms with Crippen LogP contribution in [0.2, 0.25) is 0 Å². The third-order valence-corrected chi connectivity index (χ3v) is 2.99. The zero-order chi connectivity index (χ0) is 11.5. The molecule has 0 spiro atoms. The molecule has 0 saturated carbocycles. The molecule has 0 unspecified atom stereocenters. The summed E-state index contributed by atoms with van der Waals surface area (Å²) in [6, 6.07) is 5.76. The van der Waals surface area contributed by atoms with Crippen LogP contribution in [0, 0.1) is 0 Å². The second-order valence-electron chi connectivity index (χ2n) is 3.68. The minimum atomic E-state index is -0.0601. The predicted molar refractivity (Wildman–Crippen MR) is 67.9 cm³/mol. The van der Waals surface area contributed by atoms with Crippen LogP contribution in [0.5, 0.6) is 0 Å². The Kier molecular flexibility index (Phi) is 3.31. The van der Waals surface area contributed by atoms with Gasteiger partial charge in [-0.15, -0.1) is 12.6 Å². The summed E-state index contributed by atoms with van der Waals surface area (Å²) in [5.41, 5.74) is 5.54. The first kappa shape index (κ1) is 11.2. The Bertz CT molecular complexity index is 466. The summed E-state index contributed by atoms with van der Waals surface area (Å²) in [5.74, 6) is 5.26. The van der Waals surface area contributed by atoms with Gasteiger partial charge in [0.2, 0.25) is 0 Å². The van der Waals surface area contributed by atoms with Crippen molar-refractivity contribution in [3.63, 3.8) is 0 Å². The van der Waals surface area contributed by atoms with Gasteiger partial charge in [0.1, 0.15) is 5.83 Å². The van der Waals surface area contributed by atoms with E-state index in [1.54, 1.807) is 0 Å². The molecule has 0 aliphatic heterocycles. The number of nitrogen functional groups attached to an aromatic ring is 1. The first-order chi connectivity index (χ1) is 7.70. The predicted octanol–water partition coefficient (Wildman–Crippen LogP) is 3.29. The van der Waals surface area contributed by atoms with Gasteiger partial charge < -0.3 is 5.43 Å². The molecule has 1 aliphatic rings. The van der Waals surface area contributed by atoms with E-state index in [1.807, 2.05) is 24.3 Å². The first-order valence-electron chi connectivity index (χ1n) is 5.06. The third kappa shape index (κ3) is 2.28. The third-order valence-electron chi connectivity index (χ3n) is 2.62. The van der Waals surface area contributed by atoms with E-state index >= 15 is 0 Å². The average Bonchev–Trinajstić information content (AvgIpc) is 2.30. The van der Waals surface area contributed by atoms with Crippen molar-refractivity contribution >= 4 is 23.9 Å². The van der Waals surface area contributed by atoms with Crippen LogP contribution in [0.15, 0.2) is 41.1 Å². The van der Waals surface area contributed by atoms with E-state index in [9.17, 15) is 4.39 Å². The number of rotatable bonds is 2. The van der Waals surface area contributed by atoms with Gasteiger partial charge in [0, 0.05) is 11.3 Å². The lowest BCUT2D eigenvalue weighted by Crippen LogP contribution is -2.07. The number of nitrogens with one attached hydrogen (secondary N) is 1. The van der Waals surface area contributed by atoms with Crippen LogP contribution in [0.1, 0.15) is 18.4 Å². The minimum absolute atomic E-state index is 0.0601. The number of hydrogen-bond donors (Lipinski definition) is 3. The van der Waals surface area contributed by atoms with Gasteiger partial charge in [0.25, 0.3) is 0 Å². The number of hydrazine groups is 1. The van der Waals surface area contributed by atoms with Gasteiger partial charge in [-0.1, -0.05) is 12.1 Å². The number of anilines is 1. The van der Waals surface area contributed by atoms with Crippen LogP contribution in [-0.2, 0) is 0 Å². The topological polar surface area (TPSA) is 38.0 Å². The fourth-order valence-electron chi connectivity index (χ4n) is 1.71. The Morgan fingerprint density at radius 3 is 2.62 bits per heavy atom. The van der Waals surface area contributed by atoms with Crippen LogP contribution in [-0.4, -0.2) is 0 Å². The van der Waals surface area contributed by atoms with Crippen molar-refractivity contribution in [1.82, 2.24) is 0 Å². The van der Waals surface area contributed by atoms with Gasteiger partial charge in [-0.25, -0.2) is 4.39 Å². The van der Waals surface area contributed by atoms with Gasteiger partial charge in [-0.3, -0.25) is 5.84 Å². The second kappa shape index (κ2) is 4.72. The molecule has 16 heavy (non-hydrogen) atoms. The number of thiol groups is 1.